The van der Waals surface area contributed by atoms with Crippen LogP contribution in [0, 0.1) is 5.92 Å². The van der Waals surface area contributed by atoms with Crippen molar-refractivity contribution in [2.24, 2.45) is 5.92 Å². The van der Waals surface area contributed by atoms with Crippen molar-refractivity contribution in [3.8, 4) is 11.4 Å². The lowest BCUT2D eigenvalue weighted by molar-refractivity contribution is 0.0536. The number of hydrogen-bond acceptors (Lipinski definition) is 8. The van der Waals surface area contributed by atoms with E-state index in [-0.39, 0.29) is 10.9 Å². The number of benzene rings is 2. The Morgan fingerprint density at radius 1 is 1.07 bits per heavy atom. The van der Waals surface area contributed by atoms with Crippen LogP contribution in [-0.4, -0.2) is 59.2 Å². The first-order chi connectivity index (χ1) is 19.4. The number of hydroxylamine groups is 1. The second-order valence-electron chi connectivity index (χ2n) is 10.0. The third-order valence-corrected chi connectivity index (χ3v) is 7.24. The molecule has 0 atom stereocenters. The summed E-state index contributed by atoms with van der Waals surface area (Å²) in [5, 5.41) is 3.42. The van der Waals surface area contributed by atoms with Gasteiger partial charge in [0.25, 0.3) is 5.91 Å². The minimum Gasteiger partial charge on any atom is -0.493 e. The Bertz CT molecular complexity index is 1530. The second-order valence-corrected chi connectivity index (χ2v) is 10.0. The van der Waals surface area contributed by atoms with Crippen LogP contribution in [0.1, 0.15) is 35.7 Å². The average molecular weight is 543 g/mol. The molecular weight excluding hydrogens is 508 g/mol. The Hall–Kier alpha value is -4.28. The van der Waals surface area contributed by atoms with Gasteiger partial charge in [-0.3, -0.25) is 14.4 Å². The third-order valence-electron chi connectivity index (χ3n) is 7.24. The molecule has 0 radical (unpaired) electrons. The predicted octanol–water partition coefficient (Wildman–Crippen LogP) is 4.10. The minimum atomic E-state index is -0.645. The van der Waals surface area contributed by atoms with Gasteiger partial charge in [0, 0.05) is 23.8 Å². The number of ether oxygens (including phenoxy) is 1. The van der Waals surface area contributed by atoms with Crippen LogP contribution in [0.5, 0.6) is 5.75 Å². The fraction of sp³-hybridized carbons (Fsp3) is 0.333. The zero-order chi connectivity index (χ0) is 28.1. The summed E-state index contributed by atoms with van der Waals surface area (Å²) >= 11 is 0. The molecule has 5 rings (SSSR count). The van der Waals surface area contributed by atoms with Crippen molar-refractivity contribution in [1.82, 2.24) is 24.9 Å². The summed E-state index contributed by atoms with van der Waals surface area (Å²) in [4.78, 5) is 41.9. The summed E-state index contributed by atoms with van der Waals surface area (Å²) in [6.07, 6.45) is 6.12. The van der Waals surface area contributed by atoms with Gasteiger partial charge in [-0.2, -0.15) is 4.98 Å². The Labute approximate surface area is 232 Å². The molecule has 3 heterocycles. The molecule has 1 fully saturated rings. The number of aryl methyl sites for hydroxylation is 1. The van der Waals surface area contributed by atoms with Gasteiger partial charge in [-0.05, 0) is 87.3 Å². The highest BCUT2D eigenvalue weighted by Gasteiger charge is 2.19. The molecule has 2 N–H and O–H groups in total. The van der Waals surface area contributed by atoms with Crippen molar-refractivity contribution in [2.75, 3.05) is 39.2 Å². The first-order valence-corrected chi connectivity index (χ1v) is 13.5. The summed E-state index contributed by atoms with van der Waals surface area (Å²) in [6, 6.07) is 15.5. The summed E-state index contributed by atoms with van der Waals surface area (Å²) in [5.41, 5.74) is 4.74. The van der Waals surface area contributed by atoms with E-state index < -0.39 is 11.3 Å². The number of amides is 1. The van der Waals surface area contributed by atoms with Gasteiger partial charge in [-0.1, -0.05) is 19.1 Å². The lowest BCUT2D eigenvalue weighted by Gasteiger charge is -2.28. The summed E-state index contributed by atoms with van der Waals surface area (Å²) in [7, 11) is 3.47. The van der Waals surface area contributed by atoms with Gasteiger partial charge in [-0.25, -0.2) is 10.5 Å². The normalized spacial score (nSPS) is 14.3. The van der Waals surface area contributed by atoms with E-state index in [4.69, 9.17) is 9.57 Å². The molecule has 1 amide bonds. The summed E-state index contributed by atoms with van der Waals surface area (Å²) in [6.45, 7) is 5.02. The zero-order valence-electron chi connectivity index (χ0n) is 23.0. The molecule has 0 bridgehead atoms. The maximum Gasteiger partial charge on any atom is 0.280 e. The molecule has 0 aliphatic carbocycles. The molecule has 1 saturated heterocycles. The fourth-order valence-electron chi connectivity index (χ4n) is 4.78. The zero-order valence-corrected chi connectivity index (χ0v) is 23.0. The molecule has 0 unspecified atom stereocenters. The Balaban J connectivity index is 1.40. The number of pyridine rings is 1. The maximum absolute atomic E-state index is 13.2. The van der Waals surface area contributed by atoms with E-state index in [1.807, 2.05) is 48.5 Å². The van der Waals surface area contributed by atoms with Gasteiger partial charge < -0.3 is 19.5 Å². The Morgan fingerprint density at radius 3 is 2.48 bits per heavy atom. The van der Waals surface area contributed by atoms with E-state index in [9.17, 15) is 9.59 Å². The standard InChI is InChI=1S/C30H34N6O4/c1-4-20-5-9-23(10-6-20)36-18-26(29(38)34-39-3)27(37)25-17-31-30(33-28(25)36)32-22-7-11-24(12-8-22)40-19-21-13-15-35(2)16-14-21/h5-12,17-18,21H,4,13-16,19H2,1-3H3,(H,34,38)(H,31,32,33). The van der Waals surface area contributed by atoms with Crippen molar-refractivity contribution in [3.63, 3.8) is 0 Å². The van der Waals surface area contributed by atoms with Crippen molar-refractivity contribution >= 4 is 28.6 Å². The lowest BCUT2D eigenvalue weighted by atomic mass is 9.98. The second kappa shape index (κ2) is 12.3. The first kappa shape index (κ1) is 27.3. The van der Waals surface area contributed by atoms with E-state index in [1.165, 1.54) is 25.1 Å². The summed E-state index contributed by atoms with van der Waals surface area (Å²) in [5.74, 6) is 1.07. The molecule has 10 heteroatoms. The van der Waals surface area contributed by atoms with Crippen LogP contribution in [0.25, 0.3) is 16.7 Å². The highest BCUT2D eigenvalue weighted by Crippen LogP contribution is 2.23. The van der Waals surface area contributed by atoms with E-state index in [0.29, 0.717) is 17.5 Å². The Morgan fingerprint density at radius 2 is 1.80 bits per heavy atom. The molecule has 2 aromatic heterocycles. The topological polar surface area (TPSA) is 111 Å². The number of nitrogens with one attached hydrogen (secondary N) is 2. The van der Waals surface area contributed by atoms with Gasteiger partial charge in [0.05, 0.1) is 19.1 Å². The average Bonchev–Trinajstić information content (AvgIpc) is 2.98. The largest absolute Gasteiger partial charge is 0.493 e. The maximum atomic E-state index is 13.2. The van der Waals surface area contributed by atoms with Crippen LogP contribution >= 0.6 is 0 Å². The van der Waals surface area contributed by atoms with Gasteiger partial charge in [-0.15, -0.1) is 0 Å². The fourth-order valence-corrected chi connectivity index (χ4v) is 4.78. The lowest BCUT2D eigenvalue weighted by Crippen LogP contribution is -2.32. The number of aromatic nitrogens is 3. The van der Waals surface area contributed by atoms with E-state index in [1.54, 1.807) is 4.57 Å². The van der Waals surface area contributed by atoms with Crippen LogP contribution < -0.4 is 21.0 Å². The van der Waals surface area contributed by atoms with Crippen molar-refractivity contribution < 1.29 is 14.4 Å². The number of fused-ring (bicyclic) bond motifs is 1. The number of hydrogen-bond donors (Lipinski definition) is 2. The third kappa shape index (κ3) is 6.13. The highest BCUT2D eigenvalue weighted by atomic mass is 16.6. The van der Waals surface area contributed by atoms with Crippen LogP contribution in [0.4, 0.5) is 11.6 Å². The van der Waals surface area contributed by atoms with Gasteiger partial charge in [0.1, 0.15) is 11.3 Å². The highest BCUT2D eigenvalue weighted by molar-refractivity contribution is 5.96. The molecule has 0 spiro atoms. The summed E-state index contributed by atoms with van der Waals surface area (Å²) < 4.78 is 7.74. The number of likely N-dealkylation sites (tertiary alicyclic amines) is 1. The molecule has 0 saturated carbocycles. The SMILES string of the molecule is CCc1ccc(-n2cc(C(=O)NOC)c(=O)c3cnc(Nc4ccc(OCC5CCN(C)CC5)cc4)nc32)cc1. The molecule has 10 nitrogen and oxygen atoms in total. The molecule has 208 valence electrons. The quantitative estimate of drug-likeness (QED) is 0.304. The number of carbonyl (C=O) groups excluding carboxylic acids is 1. The Kier molecular flexibility index (Phi) is 8.37. The van der Waals surface area contributed by atoms with Gasteiger partial charge >= 0.3 is 0 Å². The van der Waals surface area contributed by atoms with Crippen LogP contribution in [-0.2, 0) is 11.3 Å². The number of rotatable bonds is 9. The monoisotopic (exact) mass is 542 g/mol. The number of carbonyl (C=O) groups is 1. The molecule has 4 aromatic rings. The first-order valence-electron chi connectivity index (χ1n) is 13.5. The number of nitrogens with zero attached hydrogens (tertiary/aromatic N) is 4. The van der Waals surface area contributed by atoms with E-state index in [2.05, 4.69) is 39.6 Å². The van der Waals surface area contributed by atoms with Crippen LogP contribution in [0.3, 0.4) is 0 Å². The van der Waals surface area contributed by atoms with Crippen molar-refractivity contribution in [2.45, 2.75) is 26.2 Å². The molecular formula is C30H34N6O4. The van der Waals surface area contributed by atoms with Gasteiger partial charge in [0.15, 0.2) is 5.65 Å². The smallest absolute Gasteiger partial charge is 0.280 e. The molecule has 1 aliphatic rings. The number of anilines is 2. The molecule has 1 aliphatic heterocycles. The van der Waals surface area contributed by atoms with Crippen LogP contribution in [0.15, 0.2) is 65.7 Å². The molecule has 2 aromatic carbocycles. The molecule has 40 heavy (non-hydrogen) atoms. The number of piperidine rings is 1. The minimum absolute atomic E-state index is 0.0749. The van der Waals surface area contributed by atoms with Crippen molar-refractivity contribution in [1.29, 1.82) is 0 Å². The van der Waals surface area contributed by atoms with Crippen molar-refractivity contribution in [3.05, 3.63) is 82.3 Å². The van der Waals surface area contributed by atoms with Gasteiger partial charge in [0.2, 0.25) is 11.4 Å². The predicted molar refractivity (Wildman–Crippen MR) is 154 cm³/mol. The van der Waals surface area contributed by atoms with E-state index in [0.717, 1.165) is 56.1 Å². The van der Waals surface area contributed by atoms with Crippen LogP contribution in [0.2, 0.25) is 0 Å². The van der Waals surface area contributed by atoms with E-state index >= 15 is 0 Å².